The van der Waals surface area contributed by atoms with Gasteiger partial charge in [0.2, 0.25) is 5.91 Å². The summed E-state index contributed by atoms with van der Waals surface area (Å²) >= 11 is 0. The van der Waals surface area contributed by atoms with Gasteiger partial charge in [0.15, 0.2) is 0 Å². The second-order valence-electron chi connectivity index (χ2n) is 7.28. The van der Waals surface area contributed by atoms with Gasteiger partial charge in [0.1, 0.15) is 0 Å². The molecule has 1 atom stereocenters. The van der Waals surface area contributed by atoms with Crippen molar-refractivity contribution in [1.82, 2.24) is 5.32 Å². The van der Waals surface area contributed by atoms with E-state index in [0.29, 0.717) is 17.8 Å². The maximum absolute atomic E-state index is 12.6. The molecular formula is C25H24N2O3. The number of anilines is 1. The standard InChI is InChI=1S/C25H24N2O3/c28-24(15-14-19-9-5-8-18-7-1-2-11-21(18)19)27-23-13-4-3-12-22(23)25(29)26-17-20-10-6-16-30-20/h1-5,7-9,11-15,20H,6,10,16-17H2,(H,26,29)(H,27,28). The molecule has 0 aliphatic carbocycles. The molecule has 5 heteroatoms. The lowest BCUT2D eigenvalue weighted by atomic mass is 10.0. The maximum atomic E-state index is 12.6. The molecule has 1 fully saturated rings. The van der Waals surface area contributed by atoms with Crippen LogP contribution in [-0.2, 0) is 9.53 Å². The first-order valence-electron chi connectivity index (χ1n) is 10.2. The quantitative estimate of drug-likeness (QED) is 0.603. The van der Waals surface area contributed by atoms with E-state index >= 15 is 0 Å². The van der Waals surface area contributed by atoms with Gasteiger partial charge in [-0.05, 0) is 47.4 Å². The lowest BCUT2D eigenvalue weighted by Gasteiger charge is -2.13. The normalized spacial score (nSPS) is 16.1. The van der Waals surface area contributed by atoms with Gasteiger partial charge in [-0.2, -0.15) is 0 Å². The van der Waals surface area contributed by atoms with Crippen molar-refractivity contribution in [3.8, 4) is 0 Å². The lowest BCUT2D eigenvalue weighted by molar-refractivity contribution is -0.111. The summed E-state index contributed by atoms with van der Waals surface area (Å²) in [5, 5.41) is 7.92. The Labute approximate surface area is 175 Å². The number of hydrogen-bond acceptors (Lipinski definition) is 3. The summed E-state index contributed by atoms with van der Waals surface area (Å²) in [6.45, 7) is 1.22. The number of amides is 2. The highest BCUT2D eigenvalue weighted by Gasteiger charge is 2.18. The first kappa shape index (κ1) is 19.9. The highest BCUT2D eigenvalue weighted by atomic mass is 16.5. The van der Waals surface area contributed by atoms with E-state index in [1.807, 2.05) is 42.5 Å². The van der Waals surface area contributed by atoms with Crippen molar-refractivity contribution in [2.24, 2.45) is 0 Å². The van der Waals surface area contributed by atoms with Gasteiger partial charge >= 0.3 is 0 Å². The van der Waals surface area contributed by atoms with Crippen LogP contribution in [0, 0.1) is 0 Å². The molecule has 0 saturated carbocycles. The molecule has 1 aliphatic rings. The van der Waals surface area contributed by atoms with Gasteiger partial charge in [-0.15, -0.1) is 0 Å². The summed E-state index contributed by atoms with van der Waals surface area (Å²) in [6, 6.07) is 21.0. The van der Waals surface area contributed by atoms with Crippen LogP contribution in [0.2, 0.25) is 0 Å². The van der Waals surface area contributed by atoms with Crippen molar-refractivity contribution >= 4 is 34.4 Å². The molecule has 1 unspecified atom stereocenters. The monoisotopic (exact) mass is 400 g/mol. The topological polar surface area (TPSA) is 67.4 Å². The van der Waals surface area contributed by atoms with Crippen LogP contribution >= 0.6 is 0 Å². The molecule has 30 heavy (non-hydrogen) atoms. The Morgan fingerprint density at radius 2 is 1.80 bits per heavy atom. The zero-order chi connectivity index (χ0) is 20.8. The van der Waals surface area contributed by atoms with Crippen molar-refractivity contribution in [1.29, 1.82) is 0 Å². The molecule has 5 nitrogen and oxygen atoms in total. The number of hydrogen-bond donors (Lipinski definition) is 2. The van der Waals surface area contributed by atoms with Crippen molar-refractivity contribution in [2.75, 3.05) is 18.5 Å². The van der Waals surface area contributed by atoms with Crippen LogP contribution < -0.4 is 10.6 Å². The molecule has 152 valence electrons. The molecule has 2 N–H and O–H groups in total. The fourth-order valence-corrected chi connectivity index (χ4v) is 3.63. The van der Waals surface area contributed by atoms with Gasteiger partial charge in [0, 0.05) is 19.2 Å². The predicted octanol–water partition coefficient (Wildman–Crippen LogP) is 4.40. The summed E-state index contributed by atoms with van der Waals surface area (Å²) < 4.78 is 5.54. The number of carbonyl (C=O) groups is 2. The third kappa shape index (κ3) is 4.75. The largest absolute Gasteiger partial charge is 0.376 e. The van der Waals surface area contributed by atoms with E-state index in [2.05, 4.69) is 10.6 Å². The molecule has 4 rings (SSSR count). The Balaban J connectivity index is 1.44. The molecule has 2 amide bonds. The zero-order valence-corrected chi connectivity index (χ0v) is 16.6. The van der Waals surface area contributed by atoms with Gasteiger partial charge in [-0.3, -0.25) is 9.59 Å². The minimum atomic E-state index is -0.290. The Kier molecular flexibility index (Phi) is 6.20. The fourth-order valence-electron chi connectivity index (χ4n) is 3.63. The lowest BCUT2D eigenvalue weighted by Crippen LogP contribution is -2.32. The van der Waals surface area contributed by atoms with Crippen LogP contribution in [0.1, 0.15) is 28.8 Å². The number of ether oxygens (including phenoxy) is 1. The van der Waals surface area contributed by atoms with E-state index in [0.717, 1.165) is 35.8 Å². The first-order valence-corrected chi connectivity index (χ1v) is 10.2. The predicted molar refractivity (Wildman–Crippen MR) is 119 cm³/mol. The van der Waals surface area contributed by atoms with E-state index in [-0.39, 0.29) is 17.9 Å². The van der Waals surface area contributed by atoms with Gasteiger partial charge in [-0.1, -0.05) is 54.6 Å². The number of para-hydroxylation sites is 1. The summed E-state index contributed by atoms with van der Waals surface area (Å²) in [7, 11) is 0. The SMILES string of the molecule is O=C(C=Cc1cccc2ccccc12)Nc1ccccc1C(=O)NCC1CCCO1. The molecule has 3 aromatic rings. The van der Waals surface area contributed by atoms with Crippen molar-refractivity contribution in [2.45, 2.75) is 18.9 Å². The maximum Gasteiger partial charge on any atom is 0.253 e. The summed E-state index contributed by atoms with van der Waals surface area (Å²) in [6.07, 6.45) is 5.33. The first-order chi connectivity index (χ1) is 14.7. The average Bonchev–Trinajstić information content (AvgIpc) is 3.30. The smallest absolute Gasteiger partial charge is 0.253 e. The molecule has 3 aromatic carbocycles. The van der Waals surface area contributed by atoms with Crippen molar-refractivity contribution < 1.29 is 14.3 Å². The molecular weight excluding hydrogens is 376 g/mol. The molecule has 1 aliphatic heterocycles. The van der Waals surface area contributed by atoms with E-state index in [1.54, 1.807) is 30.3 Å². The van der Waals surface area contributed by atoms with E-state index in [4.69, 9.17) is 4.74 Å². The molecule has 0 bridgehead atoms. The van der Waals surface area contributed by atoms with Crippen LogP contribution in [0.25, 0.3) is 16.8 Å². The number of fused-ring (bicyclic) bond motifs is 1. The Morgan fingerprint density at radius 1 is 1.00 bits per heavy atom. The van der Waals surface area contributed by atoms with Crippen LogP contribution in [0.4, 0.5) is 5.69 Å². The molecule has 1 heterocycles. The van der Waals surface area contributed by atoms with Gasteiger partial charge < -0.3 is 15.4 Å². The fraction of sp³-hybridized carbons (Fsp3) is 0.200. The van der Waals surface area contributed by atoms with Gasteiger partial charge in [0.25, 0.3) is 5.91 Å². The minimum Gasteiger partial charge on any atom is -0.376 e. The Hall–Kier alpha value is -3.44. The second-order valence-corrected chi connectivity index (χ2v) is 7.28. The molecule has 0 aromatic heterocycles. The third-order valence-corrected chi connectivity index (χ3v) is 5.18. The Morgan fingerprint density at radius 3 is 2.67 bits per heavy atom. The summed E-state index contributed by atoms with van der Waals surface area (Å²) in [5.41, 5.74) is 1.88. The minimum absolute atomic E-state index is 0.0688. The van der Waals surface area contributed by atoms with Crippen molar-refractivity contribution in [3.63, 3.8) is 0 Å². The highest BCUT2D eigenvalue weighted by Crippen LogP contribution is 2.20. The third-order valence-electron chi connectivity index (χ3n) is 5.18. The molecule has 1 saturated heterocycles. The molecule has 0 spiro atoms. The van der Waals surface area contributed by atoms with Crippen LogP contribution in [-0.4, -0.2) is 31.1 Å². The van der Waals surface area contributed by atoms with E-state index in [9.17, 15) is 9.59 Å². The van der Waals surface area contributed by atoms with E-state index in [1.165, 1.54) is 6.08 Å². The second kappa shape index (κ2) is 9.37. The highest BCUT2D eigenvalue weighted by molar-refractivity contribution is 6.08. The average molecular weight is 400 g/mol. The Bertz CT molecular complexity index is 1080. The van der Waals surface area contributed by atoms with Gasteiger partial charge in [0.05, 0.1) is 17.4 Å². The van der Waals surface area contributed by atoms with E-state index < -0.39 is 0 Å². The van der Waals surface area contributed by atoms with Gasteiger partial charge in [-0.25, -0.2) is 0 Å². The number of rotatable bonds is 6. The zero-order valence-electron chi connectivity index (χ0n) is 16.6. The summed E-state index contributed by atoms with van der Waals surface area (Å²) in [4.78, 5) is 25.1. The number of benzene rings is 3. The summed E-state index contributed by atoms with van der Waals surface area (Å²) in [5.74, 6) is -0.512. The number of nitrogens with one attached hydrogen (secondary N) is 2. The molecule has 0 radical (unpaired) electrons. The van der Waals surface area contributed by atoms with Crippen LogP contribution in [0.3, 0.4) is 0 Å². The number of carbonyl (C=O) groups excluding carboxylic acids is 2. The van der Waals surface area contributed by atoms with Crippen LogP contribution in [0.15, 0.2) is 72.8 Å². The van der Waals surface area contributed by atoms with Crippen LogP contribution in [0.5, 0.6) is 0 Å². The van der Waals surface area contributed by atoms with Crippen molar-refractivity contribution in [3.05, 3.63) is 83.9 Å².